The van der Waals surface area contributed by atoms with E-state index in [2.05, 4.69) is 29.7 Å². The minimum atomic E-state index is 0.104. The Hall–Kier alpha value is -1.35. The van der Waals surface area contributed by atoms with Crippen LogP contribution >= 0.6 is 11.6 Å². The van der Waals surface area contributed by atoms with Gasteiger partial charge in [0.15, 0.2) is 0 Å². The summed E-state index contributed by atoms with van der Waals surface area (Å²) in [5.74, 6) is 6.29. The molecular formula is C16H17ClN2. The average Bonchev–Trinajstić information content (AvgIpc) is 2.42. The lowest BCUT2D eigenvalue weighted by Crippen LogP contribution is -2.31. The van der Waals surface area contributed by atoms with Crippen LogP contribution in [0.5, 0.6) is 0 Å². The molecule has 1 aliphatic rings. The molecule has 19 heavy (non-hydrogen) atoms. The lowest BCUT2D eigenvalue weighted by molar-refractivity contribution is 0.435. The van der Waals surface area contributed by atoms with Gasteiger partial charge in [-0.3, -0.25) is 11.3 Å². The molecule has 2 atom stereocenters. The number of hydrazine groups is 1. The van der Waals surface area contributed by atoms with Gasteiger partial charge < -0.3 is 0 Å². The molecule has 0 fully saturated rings. The first-order valence-electron chi connectivity index (χ1n) is 6.58. The molecule has 0 aromatic heterocycles. The molecule has 0 saturated heterocycles. The third-order valence-corrected chi connectivity index (χ3v) is 4.31. The van der Waals surface area contributed by atoms with Crippen molar-refractivity contribution in [2.24, 2.45) is 5.84 Å². The maximum atomic E-state index is 6.25. The van der Waals surface area contributed by atoms with Gasteiger partial charge in [-0.05, 0) is 41.5 Å². The monoisotopic (exact) mass is 272 g/mol. The van der Waals surface area contributed by atoms with Crippen LogP contribution in [-0.2, 0) is 6.42 Å². The normalized spacial score (nSPS) is 18.5. The van der Waals surface area contributed by atoms with Crippen LogP contribution in [0.25, 0.3) is 0 Å². The Morgan fingerprint density at radius 3 is 2.63 bits per heavy atom. The number of nitrogens with one attached hydrogen (secondary N) is 1. The largest absolute Gasteiger partial charge is 0.271 e. The Morgan fingerprint density at radius 2 is 1.89 bits per heavy atom. The van der Waals surface area contributed by atoms with Crippen molar-refractivity contribution in [1.29, 1.82) is 0 Å². The van der Waals surface area contributed by atoms with E-state index < -0.39 is 0 Å². The molecule has 2 aromatic carbocycles. The van der Waals surface area contributed by atoms with E-state index >= 15 is 0 Å². The van der Waals surface area contributed by atoms with Crippen molar-refractivity contribution in [1.82, 2.24) is 5.43 Å². The quantitative estimate of drug-likeness (QED) is 0.660. The highest BCUT2D eigenvalue weighted by Gasteiger charge is 2.28. The van der Waals surface area contributed by atoms with E-state index in [1.165, 1.54) is 11.1 Å². The number of nitrogens with two attached hydrogens (primary N) is 1. The molecule has 2 aromatic rings. The van der Waals surface area contributed by atoms with Crippen molar-refractivity contribution in [2.45, 2.75) is 24.8 Å². The van der Waals surface area contributed by atoms with Gasteiger partial charge in [0, 0.05) is 11.1 Å². The average molecular weight is 273 g/mol. The van der Waals surface area contributed by atoms with E-state index in [4.69, 9.17) is 17.4 Å². The smallest absolute Gasteiger partial charge is 0.0480 e. The summed E-state index contributed by atoms with van der Waals surface area (Å²) in [6, 6.07) is 16.6. The van der Waals surface area contributed by atoms with Crippen LogP contribution in [0, 0.1) is 0 Å². The van der Waals surface area contributed by atoms with E-state index in [9.17, 15) is 0 Å². The molecule has 0 bridgehead atoms. The number of hydrogen-bond donors (Lipinski definition) is 2. The van der Waals surface area contributed by atoms with E-state index in [0.29, 0.717) is 5.92 Å². The summed E-state index contributed by atoms with van der Waals surface area (Å²) in [5.41, 5.74) is 6.90. The van der Waals surface area contributed by atoms with E-state index in [-0.39, 0.29) is 6.04 Å². The Bertz CT molecular complexity index is 582. The van der Waals surface area contributed by atoms with Crippen molar-refractivity contribution in [2.75, 3.05) is 0 Å². The molecule has 0 amide bonds. The van der Waals surface area contributed by atoms with Gasteiger partial charge in [0.25, 0.3) is 0 Å². The van der Waals surface area contributed by atoms with Gasteiger partial charge in [0.2, 0.25) is 0 Å². The SMILES string of the molecule is NNC(CC1Cc2ccccc21)c1ccccc1Cl. The van der Waals surface area contributed by atoms with Crippen LogP contribution in [-0.4, -0.2) is 0 Å². The third-order valence-electron chi connectivity index (χ3n) is 3.96. The highest BCUT2D eigenvalue weighted by molar-refractivity contribution is 6.31. The lowest BCUT2D eigenvalue weighted by Gasteiger charge is -2.33. The second-order valence-electron chi connectivity index (χ2n) is 5.08. The molecular weight excluding hydrogens is 256 g/mol. The molecule has 0 spiro atoms. The molecule has 1 aliphatic carbocycles. The van der Waals surface area contributed by atoms with Gasteiger partial charge >= 0.3 is 0 Å². The molecule has 0 heterocycles. The van der Waals surface area contributed by atoms with Gasteiger partial charge in [-0.1, -0.05) is 54.1 Å². The highest BCUT2D eigenvalue weighted by Crippen LogP contribution is 2.41. The standard InChI is InChI=1S/C16H17ClN2/c17-15-8-4-3-7-14(15)16(19-18)10-12-9-11-5-1-2-6-13(11)12/h1-8,12,16,19H,9-10,18H2. The maximum absolute atomic E-state index is 6.25. The molecule has 98 valence electrons. The van der Waals surface area contributed by atoms with Gasteiger partial charge in [-0.15, -0.1) is 0 Å². The predicted octanol–water partition coefficient (Wildman–Crippen LogP) is 3.57. The Kier molecular flexibility index (Phi) is 3.56. The first kappa shape index (κ1) is 12.7. The van der Waals surface area contributed by atoms with Gasteiger partial charge in [0.1, 0.15) is 0 Å². The van der Waals surface area contributed by atoms with Gasteiger partial charge in [-0.2, -0.15) is 0 Å². The highest BCUT2D eigenvalue weighted by atomic mass is 35.5. The number of hydrogen-bond acceptors (Lipinski definition) is 2. The fourth-order valence-corrected chi connectivity index (χ4v) is 3.17. The van der Waals surface area contributed by atoms with E-state index in [0.717, 1.165) is 23.4 Å². The summed E-state index contributed by atoms with van der Waals surface area (Å²) >= 11 is 6.25. The molecule has 0 saturated carbocycles. The molecule has 2 nitrogen and oxygen atoms in total. The van der Waals surface area contributed by atoms with Crippen molar-refractivity contribution in [3.63, 3.8) is 0 Å². The van der Waals surface area contributed by atoms with Crippen molar-refractivity contribution in [3.8, 4) is 0 Å². The fraction of sp³-hybridized carbons (Fsp3) is 0.250. The van der Waals surface area contributed by atoms with Crippen molar-refractivity contribution >= 4 is 11.6 Å². The minimum Gasteiger partial charge on any atom is -0.271 e. The van der Waals surface area contributed by atoms with Crippen LogP contribution in [0.15, 0.2) is 48.5 Å². The fourth-order valence-electron chi connectivity index (χ4n) is 2.90. The number of benzene rings is 2. The van der Waals surface area contributed by atoms with E-state index in [1.54, 1.807) is 0 Å². The Labute approximate surface area is 118 Å². The topological polar surface area (TPSA) is 38.0 Å². The number of fused-ring (bicyclic) bond motifs is 1. The zero-order chi connectivity index (χ0) is 13.2. The minimum absolute atomic E-state index is 0.104. The Morgan fingerprint density at radius 1 is 1.16 bits per heavy atom. The van der Waals surface area contributed by atoms with Crippen molar-refractivity contribution in [3.05, 3.63) is 70.2 Å². The number of rotatable bonds is 4. The second kappa shape index (κ2) is 5.33. The first-order chi connectivity index (χ1) is 9.29. The molecule has 0 radical (unpaired) electrons. The van der Waals surface area contributed by atoms with Gasteiger partial charge in [0.05, 0.1) is 0 Å². The predicted molar refractivity (Wildman–Crippen MR) is 79.0 cm³/mol. The zero-order valence-electron chi connectivity index (χ0n) is 10.6. The summed E-state index contributed by atoms with van der Waals surface area (Å²) < 4.78 is 0. The van der Waals surface area contributed by atoms with Crippen LogP contribution in [0.3, 0.4) is 0 Å². The van der Waals surface area contributed by atoms with Crippen molar-refractivity contribution < 1.29 is 0 Å². The van der Waals surface area contributed by atoms with Gasteiger partial charge in [-0.25, -0.2) is 0 Å². The second-order valence-corrected chi connectivity index (χ2v) is 5.48. The third kappa shape index (κ3) is 2.39. The van der Waals surface area contributed by atoms with Crippen LogP contribution in [0.1, 0.15) is 35.1 Å². The summed E-state index contributed by atoms with van der Waals surface area (Å²) in [5, 5.41) is 0.776. The zero-order valence-corrected chi connectivity index (χ0v) is 11.4. The number of halogens is 1. The molecule has 3 N–H and O–H groups in total. The van der Waals surface area contributed by atoms with E-state index in [1.807, 2.05) is 24.3 Å². The van der Waals surface area contributed by atoms with Crippen LogP contribution in [0.4, 0.5) is 0 Å². The summed E-state index contributed by atoms with van der Waals surface area (Å²) in [7, 11) is 0. The lowest BCUT2D eigenvalue weighted by atomic mass is 9.74. The molecule has 3 heteroatoms. The molecule has 2 unspecified atom stereocenters. The van der Waals surface area contributed by atoms with Crippen LogP contribution < -0.4 is 11.3 Å². The summed E-state index contributed by atoms with van der Waals surface area (Å²) in [4.78, 5) is 0. The maximum Gasteiger partial charge on any atom is 0.0480 e. The summed E-state index contributed by atoms with van der Waals surface area (Å²) in [6.07, 6.45) is 2.12. The Balaban J connectivity index is 1.78. The molecule has 3 rings (SSSR count). The molecule has 0 aliphatic heterocycles. The summed E-state index contributed by atoms with van der Waals surface area (Å²) in [6.45, 7) is 0. The van der Waals surface area contributed by atoms with Crippen LogP contribution in [0.2, 0.25) is 5.02 Å². The first-order valence-corrected chi connectivity index (χ1v) is 6.95.